The molecule has 0 unspecified atom stereocenters. The molecule has 0 aliphatic carbocycles. The minimum Gasteiger partial charge on any atom is -0.490 e. The first-order valence-electron chi connectivity index (χ1n) is 6.64. The topological polar surface area (TPSA) is 72.5 Å². The van der Waals surface area contributed by atoms with Crippen LogP contribution in [0.5, 0.6) is 5.75 Å². The van der Waals surface area contributed by atoms with Gasteiger partial charge in [-0.2, -0.15) is 13.2 Å². The van der Waals surface area contributed by atoms with Gasteiger partial charge in [-0.1, -0.05) is 13.0 Å². The number of carbonyl (C=O) groups is 1. The van der Waals surface area contributed by atoms with Gasteiger partial charge in [0.25, 0.3) is 9.05 Å². The predicted octanol–water partition coefficient (Wildman–Crippen LogP) is 2.16. The summed E-state index contributed by atoms with van der Waals surface area (Å²) >= 11 is 0. The number of hydrogen-bond acceptors (Lipinski definition) is 4. The third kappa shape index (κ3) is 3.89. The maximum atomic E-state index is 12.3. The summed E-state index contributed by atoms with van der Waals surface area (Å²) in [5.74, 6) is -2.02. The molecule has 0 fully saturated rings. The fourth-order valence-corrected chi connectivity index (χ4v) is 3.40. The number of benzene rings is 1. The molecule has 128 valence electrons. The molecule has 10 heteroatoms. The van der Waals surface area contributed by atoms with Gasteiger partial charge in [-0.25, -0.2) is 8.42 Å². The number of alkyl halides is 3. The quantitative estimate of drug-likeness (QED) is 0.826. The molecular formula is C13H13ClF3NO4S. The first-order valence-corrected chi connectivity index (χ1v) is 8.95. The van der Waals surface area contributed by atoms with Crippen LogP contribution in [0, 0.1) is 0 Å². The largest absolute Gasteiger partial charge is 0.490 e. The molecule has 1 aliphatic heterocycles. The van der Waals surface area contributed by atoms with Crippen LogP contribution in [0.4, 0.5) is 13.2 Å². The number of halogens is 4. The summed E-state index contributed by atoms with van der Waals surface area (Å²) in [5, 5.41) is 1.84. The SMILES string of the molecule is CCc1ccc(S(=O)(=O)Cl)c2c1C[C@@H](NC(=O)C(F)(F)F)CO2. The van der Waals surface area contributed by atoms with E-state index in [0.717, 1.165) is 5.56 Å². The molecule has 23 heavy (non-hydrogen) atoms. The predicted molar refractivity (Wildman–Crippen MR) is 76.0 cm³/mol. The lowest BCUT2D eigenvalue weighted by molar-refractivity contribution is -0.174. The molecule has 2 rings (SSSR count). The number of carbonyl (C=O) groups excluding carboxylic acids is 1. The minimum absolute atomic E-state index is 0.0283. The van der Waals surface area contributed by atoms with Crippen LogP contribution < -0.4 is 10.1 Å². The van der Waals surface area contributed by atoms with Gasteiger partial charge in [0.2, 0.25) is 0 Å². The van der Waals surface area contributed by atoms with E-state index < -0.39 is 27.2 Å². The molecule has 1 heterocycles. The van der Waals surface area contributed by atoms with Crippen LogP contribution in [0.1, 0.15) is 18.1 Å². The van der Waals surface area contributed by atoms with Crippen molar-refractivity contribution >= 4 is 25.6 Å². The molecule has 1 aliphatic rings. The summed E-state index contributed by atoms with van der Waals surface area (Å²) in [6.45, 7) is 1.53. The van der Waals surface area contributed by atoms with Crippen molar-refractivity contribution in [3.63, 3.8) is 0 Å². The highest BCUT2D eigenvalue weighted by molar-refractivity contribution is 8.13. The summed E-state index contributed by atoms with van der Waals surface area (Å²) < 4.78 is 65.4. The molecule has 5 nitrogen and oxygen atoms in total. The molecule has 0 spiro atoms. The van der Waals surface area contributed by atoms with Gasteiger partial charge in [-0.15, -0.1) is 0 Å². The Labute approximate surface area is 135 Å². The Balaban J connectivity index is 2.35. The third-order valence-electron chi connectivity index (χ3n) is 3.44. The van der Waals surface area contributed by atoms with E-state index in [-0.39, 0.29) is 23.7 Å². The van der Waals surface area contributed by atoms with Crippen LogP contribution in [0.2, 0.25) is 0 Å². The van der Waals surface area contributed by atoms with E-state index in [1.54, 1.807) is 0 Å². The lowest BCUT2D eigenvalue weighted by atomic mass is 9.95. The van der Waals surface area contributed by atoms with E-state index in [0.29, 0.717) is 12.0 Å². The van der Waals surface area contributed by atoms with Gasteiger partial charge in [-0.3, -0.25) is 4.79 Å². The highest BCUT2D eigenvalue weighted by Gasteiger charge is 2.40. The van der Waals surface area contributed by atoms with Crippen molar-refractivity contribution in [1.82, 2.24) is 5.32 Å². The number of aryl methyl sites for hydroxylation is 1. The van der Waals surface area contributed by atoms with Crippen LogP contribution in [0.3, 0.4) is 0 Å². The smallest absolute Gasteiger partial charge is 0.471 e. The fourth-order valence-electron chi connectivity index (χ4n) is 2.40. The van der Waals surface area contributed by atoms with Gasteiger partial charge >= 0.3 is 12.1 Å². The number of hydrogen-bond donors (Lipinski definition) is 1. The van der Waals surface area contributed by atoms with E-state index in [1.165, 1.54) is 12.1 Å². The maximum absolute atomic E-state index is 12.3. The standard InChI is InChI=1S/C13H13ClF3NO4S/c1-2-7-3-4-10(23(14,20)21)11-9(7)5-8(6-22-11)18-12(19)13(15,16)17/h3-4,8H,2,5-6H2,1H3,(H,18,19)/t8-/m1/s1. The van der Waals surface area contributed by atoms with Crippen LogP contribution in [0.25, 0.3) is 0 Å². The van der Waals surface area contributed by atoms with Crippen molar-refractivity contribution in [3.05, 3.63) is 23.3 Å². The monoisotopic (exact) mass is 371 g/mol. The van der Waals surface area contributed by atoms with Crippen LogP contribution >= 0.6 is 10.7 Å². The van der Waals surface area contributed by atoms with Gasteiger partial charge in [0.1, 0.15) is 17.3 Å². The highest BCUT2D eigenvalue weighted by atomic mass is 35.7. The van der Waals surface area contributed by atoms with E-state index in [2.05, 4.69) is 0 Å². The molecule has 1 aromatic rings. The molecule has 1 amide bonds. The van der Waals surface area contributed by atoms with Crippen molar-refractivity contribution in [2.24, 2.45) is 0 Å². The first kappa shape index (κ1) is 17.9. The number of amides is 1. The Bertz CT molecular complexity index is 733. The highest BCUT2D eigenvalue weighted by Crippen LogP contribution is 2.36. The Morgan fingerprint density at radius 1 is 1.43 bits per heavy atom. The Morgan fingerprint density at radius 3 is 2.61 bits per heavy atom. The summed E-state index contributed by atoms with van der Waals surface area (Å²) in [6.07, 6.45) is -4.44. The second kappa shape index (κ2) is 6.20. The zero-order chi connectivity index (χ0) is 17.4. The summed E-state index contributed by atoms with van der Waals surface area (Å²) in [7, 11) is 1.29. The molecule has 1 atom stereocenters. The lowest BCUT2D eigenvalue weighted by Crippen LogP contribution is -2.48. The summed E-state index contributed by atoms with van der Waals surface area (Å²) in [5.41, 5.74) is 1.16. The normalized spacial score (nSPS) is 18.0. The second-order valence-electron chi connectivity index (χ2n) is 5.01. The first-order chi connectivity index (χ1) is 10.5. The van der Waals surface area contributed by atoms with Crippen molar-refractivity contribution in [1.29, 1.82) is 0 Å². The van der Waals surface area contributed by atoms with Crippen LogP contribution in [-0.4, -0.2) is 33.1 Å². The van der Waals surface area contributed by atoms with Gasteiger partial charge < -0.3 is 10.1 Å². The minimum atomic E-state index is -4.99. The molecule has 0 bridgehead atoms. The number of rotatable bonds is 3. The van der Waals surface area contributed by atoms with E-state index in [1.807, 2.05) is 12.2 Å². The molecule has 1 aromatic carbocycles. The maximum Gasteiger partial charge on any atom is 0.471 e. The third-order valence-corrected chi connectivity index (χ3v) is 4.78. The van der Waals surface area contributed by atoms with Gasteiger partial charge in [0, 0.05) is 16.2 Å². The molecular weight excluding hydrogens is 359 g/mol. The summed E-state index contributed by atoms with van der Waals surface area (Å²) in [4.78, 5) is 10.8. The molecule has 0 saturated carbocycles. The average molecular weight is 372 g/mol. The second-order valence-corrected chi connectivity index (χ2v) is 7.54. The van der Waals surface area contributed by atoms with Gasteiger partial charge in [0.15, 0.2) is 0 Å². The fraction of sp³-hybridized carbons (Fsp3) is 0.462. The van der Waals surface area contributed by atoms with Crippen LogP contribution in [-0.2, 0) is 26.7 Å². The molecule has 0 aromatic heterocycles. The van der Waals surface area contributed by atoms with E-state index in [4.69, 9.17) is 15.4 Å². The molecule has 1 N–H and O–H groups in total. The Hall–Kier alpha value is -1.48. The zero-order valence-electron chi connectivity index (χ0n) is 11.9. The molecule has 0 radical (unpaired) electrons. The van der Waals surface area contributed by atoms with Crippen molar-refractivity contribution in [2.75, 3.05) is 6.61 Å². The number of nitrogens with one attached hydrogen (secondary N) is 1. The van der Waals surface area contributed by atoms with Crippen molar-refractivity contribution < 1.29 is 31.1 Å². The Kier molecular flexibility index (Phi) is 4.81. The lowest BCUT2D eigenvalue weighted by Gasteiger charge is -2.29. The summed E-state index contributed by atoms with van der Waals surface area (Å²) in [6, 6.07) is 1.93. The van der Waals surface area contributed by atoms with Crippen molar-refractivity contribution in [2.45, 2.75) is 36.9 Å². The van der Waals surface area contributed by atoms with Gasteiger partial charge in [-0.05, 0) is 24.5 Å². The average Bonchev–Trinajstić information content (AvgIpc) is 2.43. The number of fused-ring (bicyclic) bond motifs is 1. The Morgan fingerprint density at radius 2 is 2.09 bits per heavy atom. The van der Waals surface area contributed by atoms with Crippen LogP contribution in [0.15, 0.2) is 17.0 Å². The van der Waals surface area contributed by atoms with E-state index in [9.17, 15) is 26.4 Å². The van der Waals surface area contributed by atoms with Crippen molar-refractivity contribution in [3.8, 4) is 5.75 Å². The number of ether oxygens (including phenoxy) is 1. The van der Waals surface area contributed by atoms with E-state index >= 15 is 0 Å². The van der Waals surface area contributed by atoms with Gasteiger partial charge in [0.05, 0.1) is 6.04 Å². The molecule has 0 saturated heterocycles. The zero-order valence-corrected chi connectivity index (χ0v) is 13.5.